The smallest absolute Gasteiger partial charge is 0.223 e. The first kappa shape index (κ1) is 27.0. The van der Waals surface area contributed by atoms with Gasteiger partial charge in [-0.1, -0.05) is 58.2 Å². The van der Waals surface area contributed by atoms with Gasteiger partial charge in [0, 0.05) is 41.9 Å². The van der Waals surface area contributed by atoms with Crippen LogP contribution in [0.5, 0.6) is 5.75 Å². The molecule has 1 unspecified atom stereocenters. The highest BCUT2D eigenvalue weighted by Gasteiger charge is 2.25. The van der Waals surface area contributed by atoms with E-state index in [2.05, 4.69) is 5.16 Å². The predicted molar refractivity (Wildman–Crippen MR) is 147 cm³/mol. The number of hydrogen-bond acceptors (Lipinski definition) is 5. The Labute approximate surface area is 233 Å². The molecule has 1 amide bonds. The van der Waals surface area contributed by atoms with Crippen molar-refractivity contribution in [3.8, 4) is 28.3 Å². The molecule has 0 aliphatic rings. The molecule has 190 valence electrons. The van der Waals surface area contributed by atoms with Crippen LogP contribution in [0, 0.1) is 0 Å². The number of carbonyl (C=O) groups is 2. The first-order chi connectivity index (χ1) is 17.7. The van der Waals surface area contributed by atoms with Gasteiger partial charge in [-0.25, -0.2) is 0 Å². The number of nitrogens with zero attached hydrogens (tertiary/aromatic N) is 2. The minimum absolute atomic E-state index is 0.0710. The van der Waals surface area contributed by atoms with E-state index in [0.29, 0.717) is 44.1 Å². The second-order valence-corrected chi connectivity index (χ2v) is 9.78. The quantitative estimate of drug-likeness (QED) is 0.158. The molecule has 0 aliphatic heterocycles. The lowest BCUT2D eigenvalue weighted by molar-refractivity contribution is -0.116. The van der Waals surface area contributed by atoms with Crippen LogP contribution in [0.2, 0.25) is 15.1 Å². The SMILES string of the molecule is COc1ccc(C(=O)C(Cl)CN(C(C)=O)c2cccc(-c3cc(-c4c(Cl)cccc4Cl)no3)c2)c(Cl)c1. The molecule has 1 atom stereocenters. The number of rotatable bonds is 8. The van der Waals surface area contributed by atoms with Crippen molar-refractivity contribution in [3.05, 3.63) is 87.4 Å². The molecule has 0 N–H and O–H groups in total. The average Bonchev–Trinajstić information content (AvgIpc) is 3.36. The minimum atomic E-state index is -1.04. The Morgan fingerprint density at radius 2 is 1.68 bits per heavy atom. The lowest BCUT2D eigenvalue weighted by Crippen LogP contribution is -2.37. The summed E-state index contributed by atoms with van der Waals surface area (Å²) in [7, 11) is 1.50. The van der Waals surface area contributed by atoms with Gasteiger partial charge in [0.1, 0.15) is 16.8 Å². The normalized spacial score (nSPS) is 11.7. The molecule has 0 radical (unpaired) electrons. The van der Waals surface area contributed by atoms with Crippen LogP contribution in [0.4, 0.5) is 5.69 Å². The highest BCUT2D eigenvalue weighted by atomic mass is 35.5. The molecule has 0 bridgehead atoms. The summed E-state index contributed by atoms with van der Waals surface area (Å²) in [5, 5.41) is 4.16. The summed E-state index contributed by atoms with van der Waals surface area (Å²) >= 11 is 25.3. The van der Waals surface area contributed by atoms with Crippen LogP contribution in [0.25, 0.3) is 22.6 Å². The molecule has 1 aromatic heterocycles. The van der Waals surface area contributed by atoms with Gasteiger partial charge in [0.05, 0.1) is 22.2 Å². The Morgan fingerprint density at radius 1 is 0.973 bits per heavy atom. The molecule has 0 spiro atoms. The van der Waals surface area contributed by atoms with Gasteiger partial charge >= 0.3 is 0 Å². The highest BCUT2D eigenvalue weighted by molar-refractivity contribution is 6.40. The Hall–Kier alpha value is -3.03. The first-order valence-electron chi connectivity index (χ1n) is 11.0. The van der Waals surface area contributed by atoms with Gasteiger partial charge in [-0.3, -0.25) is 9.59 Å². The van der Waals surface area contributed by atoms with Crippen molar-refractivity contribution in [2.45, 2.75) is 12.3 Å². The zero-order valence-electron chi connectivity index (χ0n) is 19.7. The van der Waals surface area contributed by atoms with Crippen molar-refractivity contribution in [1.82, 2.24) is 5.16 Å². The Balaban J connectivity index is 1.59. The summed E-state index contributed by atoms with van der Waals surface area (Å²) in [4.78, 5) is 27.0. The summed E-state index contributed by atoms with van der Waals surface area (Å²) in [6.45, 7) is 1.32. The number of carbonyl (C=O) groups excluding carboxylic acids is 2. The maximum Gasteiger partial charge on any atom is 0.223 e. The van der Waals surface area contributed by atoms with Crippen LogP contribution in [-0.2, 0) is 4.79 Å². The van der Waals surface area contributed by atoms with Crippen molar-refractivity contribution >= 4 is 63.8 Å². The van der Waals surface area contributed by atoms with Crippen LogP contribution in [-0.4, -0.2) is 35.9 Å². The second-order valence-electron chi connectivity index (χ2n) is 8.03. The summed E-state index contributed by atoms with van der Waals surface area (Å²) in [6, 6.07) is 18.6. The number of hydrogen-bond donors (Lipinski definition) is 0. The van der Waals surface area contributed by atoms with Crippen molar-refractivity contribution in [1.29, 1.82) is 0 Å². The summed E-state index contributed by atoms with van der Waals surface area (Å²) in [5.74, 6) is 0.257. The van der Waals surface area contributed by atoms with E-state index in [1.165, 1.54) is 25.0 Å². The van der Waals surface area contributed by atoms with E-state index in [4.69, 9.17) is 55.7 Å². The largest absolute Gasteiger partial charge is 0.497 e. The molecule has 4 rings (SSSR count). The lowest BCUT2D eigenvalue weighted by Gasteiger charge is -2.24. The van der Waals surface area contributed by atoms with Crippen LogP contribution in [0.3, 0.4) is 0 Å². The monoisotopic (exact) mass is 576 g/mol. The molecule has 3 aromatic carbocycles. The Bertz CT molecular complexity index is 1450. The maximum absolute atomic E-state index is 13.0. The first-order valence-corrected chi connectivity index (χ1v) is 12.6. The number of aromatic nitrogens is 1. The number of amides is 1. The van der Waals surface area contributed by atoms with Crippen molar-refractivity contribution in [2.75, 3.05) is 18.6 Å². The van der Waals surface area contributed by atoms with E-state index < -0.39 is 11.2 Å². The van der Waals surface area contributed by atoms with Crippen LogP contribution in [0.15, 0.2) is 71.3 Å². The molecule has 4 aromatic rings. The lowest BCUT2D eigenvalue weighted by atomic mass is 10.1. The molecular formula is C27H20Cl4N2O4. The summed E-state index contributed by atoms with van der Waals surface area (Å²) < 4.78 is 10.7. The number of halogens is 4. The number of ketones is 1. The second kappa shape index (κ2) is 11.6. The molecule has 1 heterocycles. The molecular weight excluding hydrogens is 558 g/mol. The van der Waals surface area contributed by atoms with E-state index in [-0.39, 0.29) is 23.0 Å². The van der Waals surface area contributed by atoms with E-state index in [1.807, 2.05) is 0 Å². The van der Waals surface area contributed by atoms with Gasteiger partial charge in [-0.05, 0) is 42.5 Å². The number of Topliss-reactive ketones (excluding diaryl/α,β-unsaturated/α-hetero) is 1. The Kier molecular flexibility index (Phi) is 8.45. The molecule has 37 heavy (non-hydrogen) atoms. The van der Waals surface area contributed by atoms with E-state index in [9.17, 15) is 9.59 Å². The maximum atomic E-state index is 13.0. The fourth-order valence-corrected chi connectivity index (χ4v) is 4.86. The van der Waals surface area contributed by atoms with Gasteiger partial charge in [0.2, 0.25) is 5.91 Å². The molecule has 0 fully saturated rings. The third-order valence-corrected chi connectivity index (χ3v) is 6.90. The number of methoxy groups -OCH3 is 1. The van der Waals surface area contributed by atoms with Crippen LogP contribution >= 0.6 is 46.4 Å². The Morgan fingerprint density at radius 3 is 2.32 bits per heavy atom. The average molecular weight is 578 g/mol. The van der Waals surface area contributed by atoms with Gasteiger partial charge in [0.15, 0.2) is 11.5 Å². The minimum Gasteiger partial charge on any atom is -0.497 e. The molecule has 6 nitrogen and oxygen atoms in total. The fourth-order valence-electron chi connectivity index (χ4n) is 3.75. The molecule has 0 saturated heterocycles. The predicted octanol–water partition coefficient (Wildman–Crippen LogP) is 7.82. The highest BCUT2D eigenvalue weighted by Crippen LogP contribution is 2.36. The fraction of sp³-hybridized carbons (Fsp3) is 0.148. The van der Waals surface area contributed by atoms with Crippen molar-refractivity contribution in [2.24, 2.45) is 0 Å². The topological polar surface area (TPSA) is 72.6 Å². The third-order valence-electron chi connectivity index (χ3n) is 5.62. The van der Waals surface area contributed by atoms with Crippen LogP contribution < -0.4 is 9.64 Å². The van der Waals surface area contributed by atoms with E-state index >= 15 is 0 Å². The number of alkyl halides is 1. The van der Waals surface area contributed by atoms with Crippen LogP contribution in [0.1, 0.15) is 17.3 Å². The van der Waals surface area contributed by atoms with Crippen molar-refractivity contribution in [3.63, 3.8) is 0 Å². The molecule has 0 saturated carbocycles. The standard InChI is InChI=1S/C27H20Cl4N2O4/c1-15(34)33(14-23(31)27(35)19-10-9-18(36-2)12-22(19)30)17-6-3-5-16(11-17)25-13-24(32-37-25)26-20(28)7-4-8-21(26)29/h3-13,23H,14H2,1-2H3. The van der Waals surface area contributed by atoms with Crippen molar-refractivity contribution < 1.29 is 18.8 Å². The van der Waals surface area contributed by atoms with Gasteiger partial charge in [0.25, 0.3) is 0 Å². The zero-order valence-corrected chi connectivity index (χ0v) is 22.7. The summed E-state index contributed by atoms with van der Waals surface area (Å²) in [5.41, 5.74) is 2.46. The number of anilines is 1. The molecule has 0 aliphatic carbocycles. The van der Waals surface area contributed by atoms with Gasteiger partial charge < -0.3 is 14.2 Å². The van der Waals surface area contributed by atoms with Gasteiger partial charge in [-0.15, -0.1) is 11.6 Å². The summed E-state index contributed by atoms with van der Waals surface area (Å²) in [6.07, 6.45) is 0. The van der Waals surface area contributed by atoms with E-state index in [0.717, 1.165) is 0 Å². The molecule has 10 heteroatoms. The van der Waals surface area contributed by atoms with E-state index in [1.54, 1.807) is 60.7 Å². The van der Waals surface area contributed by atoms with Gasteiger partial charge in [-0.2, -0.15) is 0 Å². The number of ether oxygens (including phenoxy) is 1. The zero-order chi connectivity index (χ0) is 26.7. The number of benzene rings is 3. The third kappa shape index (κ3) is 5.94.